The molecule has 1 N–H and O–H groups in total. The van der Waals surface area contributed by atoms with Gasteiger partial charge in [-0.15, -0.1) is 0 Å². The highest BCUT2D eigenvalue weighted by atomic mass is 16.5. The molecular formula is C30H32O3. The summed E-state index contributed by atoms with van der Waals surface area (Å²) in [6.45, 7) is 6.61. The van der Waals surface area contributed by atoms with Crippen LogP contribution in [0.3, 0.4) is 0 Å². The first-order chi connectivity index (χ1) is 15.9. The van der Waals surface area contributed by atoms with Gasteiger partial charge < -0.3 is 9.84 Å². The Kier molecular flexibility index (Phi) is 6.80. The zero-order chi connectivity index (χ0) is 23.4. The number of aliphatic hydroxyl groups excluding tert-OH is 1. The summed E-state index contributed by atoms with van der Waals surface area (Å²) in [5.74, 6) is -0.292. The van der Waals surface area contributed by atoms with Crippen molar-refractivity contribution in [3.63, 3.8) is 0 Å². The highest BCUT2D eigenvalue weighted by Gasteiger charge is 2.40. The Morgan fingerprint density at radius 1 is 1.03 bits per heavy atom. The van der Waals surface area contributed by atoms with Crippen LogP contribution in [0.25, 0.3) is 6.08 Å². The van der Waals surface area contributed by atoms with E-state index < -0.39 is 11.5 Å². The number of carbonyl (C=O) groups is 1. The Labute approximate surface area is 196 Å². The fourth-order valence-corrected chi connectivity index (χ4v) is 4.73. The smallest absolute Gasteiger partial charge is 0.338 e. The van der Waals surface area contributed by atoms with Crippen LogP contribution in [0, 0.1) is 12.3 Å². The summed E-state index contributed by atoms with van der Waals surface area (Å²) in [6, 6.07) is 24.1. The second-order valence-corrected chi connectivity index (χ2v) is 9.23. The van der Waals surface area contributed by atoms with Gasteiger partial charge in [0.2, 0.25) is 0 Å². The number of aliphatic hydroxyl groups is 1. The van der Waals surface area contributed by atoms with Crippen molar-refractivity contribution >= 4 is 12.0 Å². The van der Waals surface area contributed by atoms with Crippen LogP contribution in [0.4, 0.5) is 0 Å². The molecule has 33 heavy (non-hydrogen) atoms. The number of carbonyl (C=O) groups excluding carboxylic acids is 1. The van der Waals surface area contributed by atoms with E-state index in [2.05, 4.69) is 37.3 Å². The van der Waals surface area contributed by atoms with E-state index in [4.69, 9.17) is 4.74 Å². The monoisotopic (exact) mass is 440 g/mol. The van der Waals surface area contributed by atoms with Crippen molar-refractivity contribution in [2.24, 2.45) is 5.41 Å². The molecule has 3 aromatic carbocycles. The third kappa shape index (κ3) is 4.79. The molecule has 0 aromatic heterocycles. The summed E-state index contributed by atoms with van der Waals surface area (Å²) in [5, 5.41) is 11.7. The summed E-state index contributed by atoms with van der Waals surface area (Å²) in [6.07, 6.45) is 3.88. The number of fused-ring (bicyclic) bond motifs is 1. The van der Waals surface area contributed by atoms with Gasteiger partial charge >= 0.3 is 5.97 Å². The molecule has 0 radical (unpaired) electrons. The number of esters is 1. The highest BCUT2D eigenvalue weighted by Crippen LogP contribution is 2.48. The van der Waals surface area contributed by atoms with Crippen molar-refractivity contribution in [1.29, 1.82) is 0 Å². The van der Waals surface area contributed by atoms with Crippen LogP contribution in [0.5, 0.6) is 0 Å². The van der Waals surface area contributed by atoms with Gasteiger partial charge in [-0.2, -0.15) is 0 Å². The number of aryl methyl sites for hydroxylation is 1. The van der Waals surface area contributed by atoms with Crippen molar-refractivity contribution in [3.8, 4) is 0 Å². The van der Waals surface area contributed by atoms with Crippen LogP contribution < -0.4 is 0 Å². The summed E-state index contributed by atoms with van der Waals surface area (Å²) in [5.41, 5.74) is 6.92. The molecule has 0 saturated heterocycles. The van der Waals surface area contributed by atoms with Crippen molar-refractivity contribution < 1.29 is 14.6 Å². The number of benzene rings is 3. The minimum Gasteiger partial charge on any atom is -0.462 e. The largest absolute Gasteiger partial charge is 0.462 e. The van der Waals surface area contributed by atoms with Crippen molar-refractivity contribution in [3.05, 3.63) is 112 Å². The summed E-state index contributed by atoms with van der Waals surface area (Å²) >= 11 is 0. The zero-order valence-corrected chi connectivity index (χ0v) is 19.7. The SMILES string of the molecule is CCCOC(=O)c1ccc(C[C@@](C)(C2=Cc3ccccc3C2)[C@@H](O)c2ccccc2C)cc1. The average molecular weight is 441 g/mol. The molecule has 0 saturated carbocycles. The molecule has 0 heterocycles. The summed E-state index contributed by atoms with van der Waals surface area (Å²) in [7, 11) is 0. The van der Waals surface area contributed by atoms with E-state index in [-0.39, 0.29) is 5.97 Å². The van der Waals surface area contributed by atoms with E-state index >= 15 is 0 Å². The van der Waals surface area contributed by atoms with Crippen LogP contribution in [-0.4, -0.2) is 17.7 Å². The van der Waals surface area contributed by atoms with E-state index in [9.17, 15) is 9.90 Å². The van der Waals surface area contributed by atoms with Crippen LogP contribution in [0.15, 0.2) is 78.4 Å². The van der Waals surface area contributed by atoms with Crippen LogP contribution in [0.2, 0.25) is 0 Å². The topological polar surface area (TPSA) is 46.5 Å². The molecule has 170 valence electrons. The van der Waals surface area contributed by atoms with E-state index in [1.165, 1.54) is 16.7 Å². The fraction of sp³-hybridized carbons (Fsp3) is 0.300. The first-order valence-corrected chi connectivity index (χ1v) is 11.7. The Balaban J connectivity index is 1.67. The quantitative estimate of drug-likeness (QED) is 0.408. The third-order valence-corrected chi connectivity index (χ3v) is 6.78. The lowest BCUT2D eigenvalue weighted by Gasteiger charge is -2.37. The normalized spacial score (nSPS) is 15.3. The number of hydrogen-bond acceptors (Lipinski definition) is 3. The summed E-state index contributed by atoms with van der Waals surface area (Å²) in [4.78, 5) is 12.2. The van der Waals surface area contributed by atoms with Crippen molar-refractivity contribution in [2.75, 3.05) is 6.61 Å². The van der Waals surface area contributed by atoms with Crippen molar-refractivity contribution in [2.45, 2.75) is 46.1 Å². The van der Waals surface area contributed by atoms with E-state index in [0.29, 0.717) is 18.6 Å². The molecule has 0 spiro atoms. The lowest BCUT2D eigenvalue weighted by molar-refractivity contribution is 0.0504. The second-order valence-electron chi connectivity index (χ2n) is 9.23. The maximum atomic E-state index is 12.2. The Morgan fingerprint density at radius 2 is 1.73 bits per heavy atom. The van der Waals surface area contributed by atoms with Gasteiger partial charge in [-0.3, -0.25) is 0 Å². The molecule has 0 unspecified atom stereocenters. The molecule has 2 atom stereocenters. The zero-order valence-electron chi connectivity index (χ0n) is 19.7. The van der Waals surface area contributed by atoms with Crippen LogP contribution in [-0.2, 0) is 17.6 Å². The van der Waals surface area contributed by atoms with E-state index in [1.54, 1.807) is 0 Å². The number of ether oxygens (including phenoxy) is 1. The molecule has 1 aliphatic rings. The van der Waals surface area contributed by atoms with Gasteiger partial charge in [-0.05, 0) is 66.1 Å². The van der Waals surface area contributed by atoms with Crippen LogP contribution >= 0.6 is 0 Å². The molecule has 3 heteroatoms. The highest BCUT2D eigenvalue weighted by molar-refractivity contribution is 5.89. The van der Waals surface area contributed by atoms with Crippen LogP contribution in [0.1, 0.15) is 64.5 Å². The molecule has 0 aliphatic heterocycles. The van der Waals surface area contributed by atoms with Gasteiger partial charge in [0, 0.05) is 5.41 Å². The number of hydrogen-bond donors (Lipinski definition) is 1. The molecule has 0 bridgehead atoms. The van der Waals surface area contributed by atoms with Crippen molar-refractivity contribution in [1.82, 2.24) is 0 Å². The van der Waals surface area contributed by atoms with Gasteiger partial charge in [0.15, 0.2) is 0 Å². The van der Waals surface area contributed by atoms with Gasteiger partial charge in [0.05, 0.1) is 18.3 Å². The molecular weight excluding hydrogens is 408 g/mol. The van der Waals surface area contributed by atoms with E-state index in [1.807, 2.05) is 62.4 Å². The maximum Gasteiger partial charge on any atom is 0.338 e. The second kappa shape index (κ2) is 9.76. The van der Waals surface area contributed by atoms with Gasteiger partial charge in [-0.1, -0.05) is 86.2 Å². The Morgan fingerprint density at radius 3 is 2.42 bits per heavy atom. The van der Waals surface area contributed by atoms with Gasteiger partial charge in [0.25, 0.3) is 0 Å². The summed E-state index contributed by atoms with van der Waals surface area (Å²) < 4.78 is 5.26. The standard InChI is InChI=1S/C30H32O3/c1-4-17-33-29(32)23-15-13-22(14-16-23)20-30(3,28(31)27-12-8-5-9-21(27)2)26-18-24-10-6-7-11-25(24)19-26/h5-16,18,28,31H,4,17,19-20H2,1-3H3/t28-,30-/m0/s1. The first kappa shape index (κ1) is 23.0. The minimum atomic E-state index is -0.659. The predicted molar refractivity (Wildman–Crippen MR) is 133 cm³/mol. The Bertz CT molecular complexity index is 1160. The lowest BCUT2D eigenvalue weighted by Crippen LogP contribution is -2.31. The molecule has 4 rings (SSSR count). The Hall–Kier alpha value is -3.17. The van der Waals surface area contributed by atoms with Gasteiger partial charge in [-0.25, -0.2) is 4.79 Å². The molecule has 3 nitrogen and oxygen atoms in total. The lowest BCUT2D eigenvalue weighted by atomic mass is 9.69. The van der Waals surface area contributed by atoms with Gasteiger partial charge in [0.1, 0.15) is 0 Å². The van der Waals surface area contributed by atoms with E-state index in [0.717, 1.165) is 29.5 Å². The maximum absolute atomic E-state index is 12.2. The average Bonchev–Trinajstić information content (AvgIpc) is 3.28. The third-order valence-electron chi connectivity index (χ3n) is 6.78. The minimum absolute atomic E-state index is 0.292. The first-order valence-electron chi connectivity index (χ1n) is 11.7. The predicted octanol–water partition coefficient (Wildman–Crippen LogP) is 6.48. The molecule has 3 aromatic rings. The molecule has 0 fully saturated rings. The molecule has 0 amide bonds. The molecule has 1 aliphatic carbocycles. The fourth-order valence-electron chi connectivity index (χ4n) is 4.73. The number of rotatable bonds is 8.